The minimum Gasteiger partial charge on any atom is -0.384 e. The average molecular weight is 305 g/mol. The van der Waals surface area contributed by atoms with Crippen LogP contribution in [0.3, 0.4) is 0 Å². The van der Waals surface area contributed by atoms with Crippen LogP contribution in [0.5, 0.6) is 0 Å². The Balaban J connectivity index is 2.01. The summed E-state index contributed by atoms with van der Waals surface area (Å²) in [5.74, 6) is 7.03. The van der Waals surface area contributed by atoms with Crippen molar-refractivity contribution in [2.24, 2.45) is 11.8 Å². The summed E-state index contributed by atoms with van der Waals surface area (Å²) in [5, 5.41) is 8.70. The maximum Gasteiger partial charge on any atom is 0.263 e. The second-order valence-corrected chi connectivity index (χ2v) is 6.93. The molecule has 0 radical (unpaired) electrons. The largest absolute Gasteiger partial charge is 0.384 e. The fraction of sp³-hybridized carbons (Fsp3) is 0.588. The van der Waals surface area contributed by atoms with Crippen molar-refractivity contribution in [3.05, 3.63) is 21.9 Å². The first-order chi connectivity index (χ1) is 10.1. The van der Waals surface area contributed by atoms with E-state index in [1.54, 1.807) is 0 Å². The normalized spacial score (nSPS) is 19.0. The molecule has 1 aromatic heterocycles. The lowest BCUT2D eigenvalue weighted by Crippen LogP contribution is -2.31. The smallest absolute Gasteiger partial charge is 0.263 e. The molecule has 0 aliphatic carbocycles. The summed E-state index contributed by atoms with van der Waals surface area (Å²) in [6.07, 6.45) is 3.42. The number of carbonyl (C=O) groups excluding carboxylic acids is 1. The van der Waals surface area contributed by atoms with E-state index in [2.05, 4.69) is 25.7 Å². The number of hydrogen-bond acceptors (Lipinski definition) is 3. The van der Waals surface area contributed by atoms with Gasteiger partial charge in [0.2, 0.25) is 0 Å². The van der Waals surface area contributed by atoms with Gasteiger partial charge in [-0.1, -0.05) is 25.7 Å². The van der Waals surface area contributed by atoms with Gasteiger partial charge in [0.1, 0.15) is 6.61 Å². The first-order valence-corrected chi connectivity index (χ1v) is 8.42. The molecule has 0 saturated carbocycles. The molecule has 114 valence electrons. The molecular formula is C17H23NO2S. The summed E-state index contributed by atoms with van der Waals surface area (Å²) in [6.45, 7) is 6.11. The van der Waals surface area contributed by atoms with Crippen molar-refractivity contribution >= 4 is 17.2 Å². The van der Waals surface area contributed by atoms with E-state index in [9.17, 15) is 4.79 Å². The van der Waals surface area contributed by atoms with Crippen molar-refractivity contribution in [2.75, 3.05) is 19.7 Å². The molecule has 0 bridgehead atoms. The Kier molecular flexibility index (Phi) is 5.84. The third kappa shape index (κ3) is 4.33. The summed E-state index contributed by atoms with van der Waals surface area (Å²) in [4.78, 5) is 16.1. The second-order valence-electron chi connectivity index (χ2n) is 5.85. The molecule has 2 heterocycles. The Morgan fingerprint density at radius 3 is 2.95 bits per heavy atom. The number of aliphatic hydroxyl groups excluding tert-OH is 1. The van der Waals surface area contributed by atoms with Gasteiger partial charge in [0.25, 0.3) is 5.91 Å². The number of likely N-dealkylation sites (tertiary alicyclic amines) is 1. The van der Waals surface area contributed by atoms with E-state index in [1.165, 1.54) is 17.8 Å². The van der Waals surface area contributed by atoms with Gasteiger partial charge in [-0.3, -0.25) is 4.79 Å². The highest BCUT2D eigenvalue weighted by atomic mass is 32.1. The lowest BCUT2D eigenvalue weighted by Gasteiger charge is -2.21. The van der Waals surface area contributed by atoms with Gasteiger partial charge in [0.05, 0.1) is 9.75 Å². The SMILES string of the molecule is CC(C)C1CCCN(C(=O)c2ccc(C#CCO)s2)CC1. The molecule has 1 aliphatic heterocycles. The van der Waals surface area contributed by atoms with Gasteiger partial charge in [-0.05, 0) is 43.2 Å². The van der Waals surface area contributed by atoms with Crippen LogP contribution in [0.4, 0.5) is 0 Å². The highest BCUT2D eigenvalue weighted by Gasteiger charge is 2.23. The van der Waals surface area contributed by atoms with Gasteiger partial charge in [-0.2, -0.15) is 0 Å². The van der Waals surface area contributed by atoms with Crippen molar-refractivity contribution in [1.29, 1.82) is 0 Å². The number of thiophene rings is 1. The van der Waals surface area contributed by atoms with E-state index in [0.717, 1.165) is 41.6 Å². The van der Waals surface area contributed by atoms with E-state index in [1.807, 2.05) is 17.0 Å². The fourth-order valence-corrected chi connectivity index (χ4v) is 3.64. The number of rotatable bonds is 2. The molecule has 1 N–H and O–H groups in total. The first-order valence-electron chi connectivity index (χ1n) is 7.60. The molecule has 1 aromatic rings. The molecule has 21 heavy (non-hydrogen) atoms. The van der Waals surface area contributed by atoms with Crippen LogP contribution in [-0.2, 0) is 0 Å². The molecule has 1 unspecified atom stereocenters. The Labute approximate surface area is 131 Å². The molecule has 3 nitrogen and oxygen atoms in total. The van der Waals surface area contributed by atoms with Crippen LogP contribution in [0, 0.1) is 23.7 Å². The monoisotopic (exact) mass is 305 g/mol. The third-order valence-corrected chi connectivity index (χ3v) is 5.10. The van der Waals surface area contributed by atoms with E-state index >= 15 is 0 Å². The Morgan fingerprint density at radius 2 is 2.24 bits per heavy atom. The molecular weight excluding hydrogens is 282 g/mol. The minimum atomic E-state index is -0.149. The lowest BCUT2D eigenvalue weighted by molar-refractivity contribution is 0.0763. The number of carbonyl (C=O) groups is 1. The second kappa shape index (κ2) is 7.63. The highest BCUT2D eigenvalue weighted by Crippen LogP contribution is 2.26. The minimum absolute atomic E-state index is 0.126. The summed E-state index contributed by atoms with van der Waals surface area (Å²) in [5.41, 5.74) is 0. The lowest BCUT2D eigenvalue weighted by atomic mass is 9.89. The molecule has 0 spiro atoms. The van der Waals surface area contributed by atoms with Crippen molar-refractivity contribution in [3.63, 3.8) is 0 Å². The van der Waals surface area contributed by atoms with Crippen molar-refractivity contribution < 1.29 is 9.90 Å². The topological polar surface area (TPSA) is 40.5 Å². The Hall–Kier alpha value is -1.31. The van der Waals surface area contributed by atoms with Gasteiger partial charge >= 0.3 is 0 Å². The van der Waals surface area contributed by atoms with Crippen LogP contribution in [-0.4, -0.2) is 35.6 Å². The van der Waals surface area contributed by atoms with E-state index in [0.29, 0.717) is 5.92 Å². The summed E-state index contributed by atoms with van der Waals surface area (Å²) in [7, 11) is 0. The van der Waals surface area contributed by atoms with Crippen LogP contribution < -0.4 is 0 Å². The number of amides is 1. The summed E-state index contributed by atoms with van der Waals surface area (Å²) >= 11 is 1.41. The quantitative estimate of drug-likeness (QED) is 0.853. The standard InChI is InChI=1S/C17H23NO2S/c1-13(2)14-5-3-10-18(11-9-14)17(20)16-8-7-15(21-16)6-4-12-19/h7-8,13-14,19H,3,5,9-12H2,1-2H3. The number of nitrogens with zero attached hydrogens (tertiary/aromatic N) is 1. The van der Waals surface area contributed by atoms with E-state index in [4.69, 9.17) is 5.11 Å². The number of hydrogen-bond donors (Lipinski definition) is 1. The van der Waals surface area contributed by atoms with Crippen molar-refractivity contribution in [1.82, 2.24) is 4.90 Å². The van der Waals surface area contributed by atoms with Crippen molar-refractivity contribution in [2.45, 2.75) is 33.1 Å². The van der Waals surface area contributed by atoms with Crippen LogP contribution in [0.2, 0.25) is 0 Å². The molecule has 1 atom stereocenters. The van der Waals surface area contributed by atoms with Crippen LogP contribution in [0.1, 0.15) is 47.7 Å². The zero-order valence-electron chi connectivity index (χ0n) is 12.8. The molecule has 1 amide bonds. The maximum atomic E-state index is 12.6. The van der Waals surface area contributed by atoms with E-state index in [-0.39, 0.29) is 12.5 Å². The fourth-order valence-electron chi connectivity index (χ4n) is 2.79. The number of aliphatic hydroxyl groups is 1. The summed E-state index contributed by atoms with van der Waals surface area (Å²) in [6, 6.07) is 3.70. The molecule has 0 aromatic carbocycles. The van der Waals surface area contributed by atoms with Gasteiger partial charge in [0.15, 0.2) is 0 Å². The Morgan fingerprint density at radius 1 is 1.43 bits per heavy atom. The van der Waals surface area contributed by atoms with E-state index < -0.39 is 0 Å². The van der Waals surface area contributed by atoms with Gasteiger partial charge < -0.3 is 10.0 Å². The van der Waals surface area contributed by atoms with Crippen LogP contribution in [0.25, 0.3) is 0 Å². The molecule has 2 rings (SSSR count). The molecule has 4 heteroatoms. The highest BCUT2D eigenvalue weighted by molar-refractivity contribution is 7.14. The average Bonchev–Trinajstić information content (AvgIpc) is 2.79. The van der Waals surface area contributed by atoms with Crippen LogP contribution in [0.15, 0.2) is 12.1 Å². The first kappa shape index (κ1) is 16.1. The van der Waals surface area contributed by atoms with Gasteiger partial charge in [0, 0.05) is 13.1 Å². The van der Waals surface area contributed by atoms with Gasteiger partial charge in [-0.25, -0.2) is 0 Å². The molecule has 1 fully saturated rings. The zero-order chi connectivity index (χ0) is 15.2. The van der Waals surface area contributed by atoms with Crippen LogP contribution >= 0.6 is 11.3 Å². The summed E-state index contributed by atoms with van der Waals surface area (Å²) < 4.78 is 0. The van der Waals surface area contributed by atoms with Gasteiger partial charge in [-0.15, -0.1) is 11.3 Å². The predicted molar refractivity (Wildman–Crippen MR) is 86.4 cm³/mol. The van der Waals surface area contributed by atoms with Crippen molar-refractivity contribution in [3.8, 4) is 11.8 Å². The molecule has 1 aliphatic rings. The maximum absolute atomic E-state index is 12.6. The molecule has 1 saturated heterocycles. The third-order valence-electron chi connectivity index (χ3n) is 4.11. The Bertz CT molecular complexity index is 538. The predicted octanol–water partition coefficient (Wildman–Crippen LogP) is 2.99. The zero-order valence-corrected chi connectivity index (χ0v) is 13.6.